The van der Waals surface area contributed by atoms with Gasteiger partial charge in [-0.15, -0.1) is 0 Å². The predicted molar refractivity (Wildman–Crippen MR) is 94.0 cm³/mol. The largest absolute Gasteiger partial charge is 0.452 e. The fourth-order valence-corrected chi connectivity index (χ4v) is 3.02. The van der Waals surface area contributed by atoms with E-state index in [-0.39, 0.29) is 5.91 Å². The minimum absolute atomic E-state index is 0.369. The van der Waals surface area contributed by atoms with Crippen molar-refractivity contribution in [1.29, 1.82) is 0 Å². The lowest BCUT2D eigenvalue weighted by Crippen LogP contribution is -2.40. The number of carbonyl (C=O) groups is 3. The highest BCUT2D eigenvalue weighted by atomic mass is 16.6. The molecule has 0 radical (unpaired) electrons. The molecule has 0 fully saturated rings. The molecule has 1 aliphatic heterocycles. The van der Waals surface area contributed by atoms with Crippen molar-refractivity contribution < 1.29 is 23.9 Å². The van der Waals surface area contributed by atoms with Crippen molar-refractivity contribution in [2.45, 2.75) is 52.6 Å². The summed E-state index contributed by atoms with van der Waals surface area (Å²) in [6.45, 7) is 10.6. The summed E-state index contributed by atoms with van der Waals surface area (Å²) in [4.78, 5) is 37.7. The first-order valence-corrected chi connectivity index (χ1v) is 7.96. The van der Waals surface area contributed by atoms with E-state index in [2.05, 4.69) is 5.32 Å². The first-order valence-electron chi connectivity index (χ1n) is 7.96. The van der Waals surface area contributed by atoms with E-state index >= 15 is 0 Å². The van der Waals surface area contributed by atoms with Crippen LogP contribution in [0, 0.1) is 6.92 Å². The van der Waals surface area contributed by atoms with Crippen molar-refractivity contribution in [3.8, 4) is 0 Å². The highest BCUT2D eigenvalue weighted by Gasteiger charge is 2.48. The van der Waals surface area contributed by atoms with Crippen LogP contribution in [-0.4, -0.2) is 30.8 Å². The number of rotatable bonds is 1. The standard InChI is InChI=1S/C18H24N2O5/c1-10-8-11(19-15(22)25-17(2,3)4)9-12-13(10)18(5,6)14(21)20(12)16(23)24-7/h8-9H,1-7H3,(H,19,22). The number of nitrogens with one attached hydrogen (secondary N) is 1. The van der Waals surface area contributed by atoms with E-state index in [1.165, 1.54) is 7.11 Å². The van der Waals surface area contributed by atoms with Gasteiger partial charge < -0.3 is 9.47 Å². The number of amides is 3. The fraction of sp³-hybridized carbons (Fsp3) is 0.500. The van der Waals surface area contributed by atoms with Gasteiger partial charge in [0.05, 0.1) is 18.2 Å². The molecule has 1 heterocycles. The third-order valence-corrected chi connectivity index (χ3v) is 3.92. The zero-order valence-electron chi connectivity index (χ0n) is 15.6. The van der Waals surface area contributed by atoms with Crippen molar-refractivity contribution in [3.63, 3.8) is 0 Å². The summed E-state index contributed by atoms with van der Waals surface area (Å²) >= 11 is 0. The number of fused-ring (bicyclic) bond motifs is 1. The minimum atomic E-state index is -0.863. The molecule has 0 saturated heterocycles. The fourth-order valence-electron chi connectivity index (χ4n) is 3.02. The second-order valence-electron chi connectivity index (χ2n) is 7.55. The zero-order valence-corrected chi connectivity index (χ0v) is 15.6. The highest BCUT2D eigenvalue weighted by molar-refractivity contribution is 6.21. The lowest BCUT2D eigenvalue weighted by molar-refractivity contribution is -0.121. The van der Waals surface area contributed by atoms with Gasteiger partial charge in [-0.25, -0.2) is 14.5 Å². The van der Waals surface area contributed by atoms with Crippen molar-refractivity contribution >= 4 is 29.5 Å². The number of carbonyl (C=O) groups excluding carboxylic acids is 3. The first-order chi connectivity index (χ1) is 11.4. The Balaban J connectivity index is 2.46. The lowest BCUT2D eigenvalue weighted by atomic mass is 9.83. The number of nitrogens with zero attached hydrogens (tertiary/aromatic N) is 1. The lowest BCUT2D eigenvalue weighted by Gasteiger charge is -2.21. The molecule has 25 heavy (non-hydrogen) atoms. The number of hydrogen-bond acceptors (Lipinski definition) is 5. The maximum atomic E-state index is 12.7. The van der Waals surface area contributed by atoms with E-state index in [9.17, 15) is 14.4 Å². The van der Waals surface area contributed by atoms with Crippen molar-refractivity contribution in [1.82, 2.24) is 0 Å². The molecule has 0 saturated carbocycles. The van der Waals surface area contributed by atoms with E-state index in [0.29, 0.717) is 11.4 Å². The van der Waals surface area contributed by atoms with Crippen LogP contribution < -0.4 is 10.2 Å². The molecule has 1 aromatic rings. The molecule has 1 N–H and O–H groups in total. The Morgan fingerprint density at radius 1 is 1.20 bits per heavy atom. The van der Waals surface area contributed by atoms with Crippen LogP contribution >= 0.6 is 0 Å². The van der Waals surface area contributed by atoms with Crippen LogP contribution in [0.4, 0.5) is 21.0 Å². The van der Waals surface area contributed by atoms with Gasteiger partial charge in [-0.3, -0.25) is 10.1 Å². The van der Waals surface area contributed by atoms with E-state index < -0.39 is 23.2 Å². The molecule has 7 heteroatoms. The summed E-state index contributed by atoms with van der Waals surface area (Å²) in [6, 6.07) is 3.33. The molecular formula is C18H24N2O5. The van der Waals surface area contributed by atoms with Gasteiger partial charge >= 0.3 is 12.2 Å². The second-order valence-corrected chi connectivity index (χ2v) is 7.55. The summed E-state index contributed by atoms with van der Waals surface area (Å²) < 4.78 is 9.97. The smallest absolute Gasteiger partial charge is 0.420 e. The van der Waals surface area contributed by atoms with Crippen LogP contribution in [-0.2, 0) is 19.7 Å². The average molecular weight is 348 g/mol. The van der Waals surface area contributed by atoms with Gasteiger partial charge in [-0.1, -0.05) is 0 Å². The van der Waals surface area contributed by atoms with Crippen molar-refractivity contribution in [2.75, 3.05) is 17.3 Å². The monoisotopic (exact) mass is 348 g/mol. The number of aryl methyl sites for hydroxylation is 1. The van der Waals surface area contributed by atoms with Crippen LogP contribution in [0.2, 0.25) is 0 Å². The molecule has 0 aromatic heterocycles. The molecule has 2 rings (SSSR count). The van der Waals surface area contributed by atoms with Gasteiger partial charge in [0.25, 0.3) is 0 Å². The first kappa shape index (κ1) is 18.8. The molecule has 0 atom stereocenters. The number of ether oxygens (including phenoxy) is 2. The highest BCUT2D eigenvalue weighted by Crippen LogP contribution is 2.45. The Labute approximate surface area is 147 Å². The molecule has 0 unspecified atom stereocenters. The summed E-state index contributed by atoms with van der Waals surface area (Å²) in [7, 11) is 1.22. The summed E-state index contributed by atoms with van der Waals surface area (Å²) in [5.74, 6) is -0.369. The van der Waals surface area contributed by atoms with Crippen LogP contribution in [0.15, 0.2) is 12.1 Å². The molecule has 3 amide bonds. The molecular weight excluding hydrogens is 324 g/mol. The number of benzene rings is 1. The van der Waals surface area contributed by atoms with Gasteiger partial charge in [0.2, 0.25) is 5.91 Å². The molecule has 0 spiro atoms. The predicted octanol–water partition coefficient (Wildman–Crippen LogP) is 3.73. The Bertz CT molecular complexity index is 747. The van der Waals surface area contributed by atoms with Crippen LogP contribution in [0.1, 0.15) is 45.7 Å². The maximum Gasteiger partial charge on any atom is 0.420 e. The molecule has 1 aliphatic rings. The summed E-state index contributed by atoms with van der Waals surface area (Å²) in [5.41, 5.74) is 0.868. The van der Waals surface area contributed by atoms with E-state index in [1.807, 2.05) is 6.92 Å². The quantitative estimate of drug-likeness (QED) is 0.836. The third-order valence-electron chi connectivity index (χ3n) is 3.92. The van der Waals surface area contributed by atoms with Crippen molar-refractivity contribution in [2.24, 2.45) is 0 Å². The Morgan fingerprint density at radius 2 is 1.80 bits per heavy atom. The Kier molecular flexibility index (Phi) is 4.55. The second kappa shape index (κ2) is 6.06. The Hall–Kier alpha value is -2.57. The minimum Gasteiger partial charge on any atom is -0.452 e. The Morgan fingerprint density at radius 3 is 2.32 bits per heavy atom. The van der Waals surface area contributed by atoms with Crippen LogP contribution in [0.5, 0.6) is 0 Å². The molecule has 0 bridgehead atoms. The number of anilines is 2. The van der Waals surface area contributed by atoms with Gasteiger partial charge in [0.15, 0.2) is 0 Å². The van der Waals surface area contributed by atoms with Crippen molar-refractivity contribution in [3.05, 3.63) is 23.3 Å². The van der Waals surface area contributed by atoms with Crippen LogP contribution in [0.25, 0.3) is 0 Å². The van der Waals surface area contributed by atoms with Gasteiger partial charge in [0.1, 0.15) is 5.60 Å². The molecule has 136 valence electrons. The van der Waals surface area contributed by atoms with Gasteiger partial charge in [0, 0.05) is 5.69 Å². The zero-order chi connectivity index (χ0) is 19.2. The van der Waals surface area contributed by atoms with E-state index in [4.69, 9.17) is 9.47 Å². The normalized spacial score (nSPS) is 15.6. The SMILES string of the molecule is COC(=O)N1C(=O)C(C)(C)c2c(C)cc(NC(=O)OC(C)(C)C)cc21. The number of methoxy groups -OCH3 is 1. The molecule has 1 aromatic carbocycles. The van der Waals surface area contributed by atoms with Crippen LogP contribution in [0.3, 0.4) is 0 Å². The average Bonchev–Trinajstić information content (AvgIpc) is 2.63. The van der Waals surface area contributed by atoms with Gasteiger partial charge in [-0.05, 0) is 64.8 Å². The number of imide groups is 1. The maximum absolute atomic E-state index is 12.7. The third kappa shape index (κ3) is 3.45. The van der Waals surface area contributed by atoms with E-state index in [1.54, 1.807) is 46.8 Å². The topological polar surface area (TPSA) is 84.9 Å². The summed E-state index contributed by atoms with van der Waals surface area (Å²) in [5, 5.41) is 2.64. The van der Waals surface area contributed by atoms with E-state index in [0.717, 1.165) is 16.0 Å². The molecule has 0 aliphatic carbocycles. The molecule has 7 nitrogen and oxygen atoms in total. The number of hydrogen-bond donors (Lipinski definition) is 1. The van der Waals surface area contributed by atoms with Gasteiger partial charge in [-0.2, -0.15) is 0 Å². The summed E-state index contributed by atoms with van der Waals surface area (Å²) in [6.07, 6.45) is -1.37.